The van der Waals surface area contributed by atoms with Crippen molar-refractivity contribution >= 4 is 11.7 Å². The summed E-state index contributed by atoms with van der Waals surface area (Å²) in [5, 5.41) is 6.46. The lowest BCUT2D eigenvalue weighted by atomic mass is 10.0. The molecule has 1 aliphatic heterocycles. The Labute approximate surface area is 145 Å². The number of aromatic nitrogens is 1. The number of anilines is 1. The number of fused-ring (bicyclic) bond motifs is 1. The molecule has 0 saturated heterocycles. The molecule has 0 bridgehead atoms. The zero-order valence-electron chi connectivity index (χ0n) is 15.2. The third kappa shape index (κ3) is 4.26. The molecule has 2 N–H and O–H groups in total. The summed E-state index contributed by atoms with van der Waals surface area (Å²) in [6, 6.07) is 2.33. The van der Waals surface area contributed by atoms with Crippen molar-refractivity contribution in [2.45, 2.75) is 52.5 Å². The van der Waals surface area contributed by atoms with Crippen molar-refractivity contribution in [3.63, 3.8) is 0 Å². The molecule has 1 aromatic heterocycles. The van der Waals surface area contributed by atoms with Gasteiger partial charge in [-0.1, -0.05) is 6.92 Å². The van der Waals surface area contributed by atoms with E-state index in [9.17, 15) is 4.79 Å². The van der Waals surface area contributed by atoms with Gasteiger partial charge in [-0.3, -0.25) is 4.79 Å². The topological polar surface area (TPSA) is 57.3 Å². The predicted molar refractivity (Wildman–Crippen MR) is 97.6 cm³/mol. The summed E-state index contributed by atoms with van der Waals surface area (Å²) in [5.74, 6) is 1.43. The second kappa shape index (κ2) is 7.51. The van der Waals surface area contributed by atoms with Crippen LogP contribution in [0.15, 0.2) is 6.07 Å². The van der Waals surface area contributed by atoms with Gasteiger partial charge in [0.1, 0.15) is 5.82 Å². The quantitative estimate of drug-likeness (QED) is 0.841. The highest BCUT2D eigenvalue weighted by molar-refractivity contribution is 5.99. The molecule has 3 rings (SSSR count). The number of rotatable bonds is 6. The molecule has 0 unspecified atom stereocenters. The number of nitrogens with one attached hydrogen (secondary N) is 2. The van der Waals surface area contributed by atoms with E-state index in [0.29, 0.717) is 11.5 Å². The maximum Gasteiger partial charge on any atom is 0.255 e. The minimum atomic E-state index is 0.0111. The minimum absolute atomic E-state index is 0.0111. The van der Waals surface area contributed by atoms with Crippen molar-refractivity contribution in [3.8, 4) is 0 Å². The molecule has 132 valence electrons. The Hall–Kier alpha value is -1.62. The van der Waals surface area contributed by atoms with Crippen LogP contribution in [0, 0.1) is 5.92 Å². The van der Waals surface area contributed by atoms with Gasteiger partial charge in [0.05, 0.1) is 5.56 Å². The molecule has 1 fully saturated rings. The zero-order chi connectivity index (χ0) is 17.1. The summed E-state index contributed by atoms with van der Waals surface area (Å²) in [6.45, 7) is 10.3. The number of nitrogens with zero attached hydrogens (tertiary/aromatic N) is 2. The Morgan fingerprint density at radius 2 is 2.08 bits per heavy atom. The SMILES string of the molecule is CCN1CCc2cc(C(=O)NCC3CC3)c(NC(C)C)nc2CC1. The number of hydrogen-bond donors (Lipinski definition) is 2. The van der Waals surface area contributed by atoms with Crippen LogP contribution in [0.3, 0.4) is 0 Å². The summed E-state index contributed by atoms with van der Waals surface area (Å²) in [7, 11) is 0. The highest BCUT2D eigenvalue weighted by Gasteiger charge is 2.24. The number of pyridine rings is 1. The van der Waals surface area contributed by atoms with Crippen molar-refractivity contribution in [1.82, 2.24) is 15.2 Å². The van der Waals surface area contributed by atoms with E-state index >= 15 is 0 Å². The Morgan fingerprint density at radius 1 is 1.33 bits per heavy atom. The van der Waals surface area contributed by atoms with Gasteiger partial charge in [-0.05, 0) is 57.2 Å². The van der Waals surface area contributed by atoms with Gasteiger partial charge in [0, 0.05) is 37.8 Å². The van der Waals surface area contributed by atoms with Gasteiger partial charge in [-0.15, -0.1) is 0 Å². The molecular weight excluding hydrogens is 300 g/mol. The average molecular weight is 330 g/mol. The van der Waals surface area contributed by atoms with Gasteiger partial charge in [0.25, 0.3) is 5.91 Å². The van der Waals surface area contributed by atoms with E-state index in [1.54, 1.807) is 0 Å². The van der Waals surface area contributed by atoms with Gasteiger partial charge in [-0.25, -0.2) is 4.98 Å². The Bertz CT molecular complexity index is 595. The van der Waals surface area contributed by atoms with Crippen molar-refractivity contribution in [2.75, 3.05) is 31.5 Å². The van der Waals surface area contributed by atoms with E-state index in [-0.39, 0.29) is 11.9 Å². The molecule has 1 saturated carbocycles. The molecule has 0 spiro atoms. The standard InChI is InChI=1S/C19H30N4O/c1-4-23-9-7-15-11-16(19(24)20-12-14-5-6-14)18(21-13(2)3)22-17(15)8-10-23/h11,13-14H,4-10,12H2,1-3H3,(H,20,24)(H,21,22). The van der Waals surface area contributed by atoms with Crippen molar-refractivity contribution in [1.29, 1.82) is 0 Å². The summed E-state index contributed by atoms with van der Waals surface area (Å²) >= 11 is 0. The first kappa shape index (κ1) is 17.2. The molecule has 5 nitrogen and oxygen atoms in total. The number of carbonyl (C=O) groups excluding carboxylic acids is 1. The fraction of sp³-hybridized carbons (Fsp3) is 0.684. The molecule has 2 aliphatic rings. The molecule has 24 heavy (non-hydrogen) atoms. The third-order valence-corrected chi connectivity index (χ3v) is 4.92. The summed E-state index contributed by atoms with van der Waals surface area (Å²) in [5.41, 5.74) is 3.08. The van der Waals surface area contributed by atoms with Gasteiger partial charge < -0.3 is 15.5 Å². The first-order valence-corrected chi connectivity index (χ1v) is 9.36. The van der Waals surface area contributed by atoms with Crippen molar-refractivity contribution in [3.05, 3.63) is 22.9 Å². The van der Waals surface area contributed by atoms with Crippen LogP contribution < -0.4 is 10.6 Å². The fourth-order valence-electron chi connectivity index (χ4n) is 3.21. The highest BCUT2D eigenvalue weighted by Crippen LogP contribution is 2.28. The van der Waals surface area contributed by atoms with Crippen LogP contribution in [0.5, 0.6) is 0 Å². The van der Waals surface area contributed by atoms with Crippen molar-refractivity contribution in [2.24, 2.45) is 5.92 Å². The Balaban J connectivity index is 1.84. The Morgan fingerprint density at radius 3 is 2.75 bits per heavy atom. The van der Waals surface area contributed by atoms with Gasteiger partial charge in [0.2, 0.25) is 0 Å². The summed E-state index contributed by atoms with van der Waals surface area (Å²) in [6.07, 6.45) is 4.42. The summed E-state index contributed by atoms with van der Waals surface area (Å²) < 4.78 is 0. The van der Waals surface area contributed by atoms with E-state index in [2.05, 4.69) is 42.4 Å². The predicted octanol–water partition coefficient (Wildman–Crippen LogP) is 2.46. The zero-order valence-corrected chi connectivity index (χ0v) is 15.2. The maximum absolute atomic E-state index is 12.7. The largest absolute Gasteiger partial charge is 0.367 e. The van der Waals surface area contributed by atoms with Crippen LogP contribution in [0.1, 0.15) is 55.2 Å². The van der Waals surface area contributed by atoms with Crippen molar-refractivity contribution < 1.29 is 4.79 Å². The lowest BCUT2D eigenvalue weighted by Gasteiger charge is -2.17. The van der Waals surface area contributed by atoms with E-state index in [4.69, 9.17) is 4.98 Å². The monoisotopic (exact) mass is 330 g/mol. The molecule has 5 heteroatoms. The Kier molecular flexibility index (Phi) is 5.39. The summed E-state index contributed by atoms with van der Waals surface area (Å²) in [4.78, 5) is 20.0. The smallest absolute Gasteiger partial charge is 0.255 e. The van der Waals surface area contributed by atoms with Gasteiger partial charge >= 0.3 is 0 Å². The molecule has 2 heterocycles. The fourth-order valence-corrected chi connectivity index (χ4v) is 3.21. The number of amides is 1. The lowest BCUT2D eigenvalue weighted by molar-refractivity contribution is 0.0952. The first-order valence-electron chi connectivity index (χ1n) is 9.36. The van der Waals surface area contributed by atoms with Crippen LogP contribution >= 0.6 is 0 Å². The second-order valence-electron chi connectivity index (χ2n) is 7.38. The van der Waals surface area contributed by atoms with Crippen LogP contribution in [-0.4, -0.2) is 48.0 Å². The maximum atomic E-state index is 12.7. The van der Waals surface area contributed by atoms with E-state index < -0.39 is 0 Å². The van der Waals surface area contributed by atoms with Crippen LogP contribution in [0.25, 0.3) is 0 Å². The molecule has 1 aliphatic carbocycles. The number of carbonyl (C=O) groups is 1. The van der Waals surface area contributed by atoms with E-state index in [1.165, 1.54) is 18.4 Å². The highest BCUT2D eigenvalue weighted by atomic mass is 16.1. The molecule has 1 aromatic rings. The van der Waals surface area contributed by atoms with Crippen LogP contribution in [-0.2, 0) is 12.8 Å². The second-order valence-corrected chi connectivity index (χ2v) is 7.38. The minimum Gasteiger partial charge on any atom is -0.367 e. The first-order chi connectivity index (χ1) is 11.6. The van der Waals surface area contributed by atoms with E-state index in [0.717, 1.165) is 50.5 Å². The molecule has 1 amide bonds. The molecule has 0 radical (unpaired) electrons. The van der Waals surface area contributed by atoms with Crippen LogP contribution in [0.4, 0.5) is 5.82 Å². The molecule has 0 aromatic carbocycles. The normalized spacial score (nSPS) is 18.2. The van der Waals surface area contributed by atoms with Gasteiger partial charge in [0.15, 0.2) is 0 Å². The molecule has 0 atom stereocenters. The van der Waals surface area contributed by atoms with Gasteiger partial charge in [-0.2, -0.15) is 0 Å². The van der Waals surface area contributed by atoms with Crippen LogP contribution in [0.2, 0.25) is 0 Å². The number of hydrogen-bond acceptors (Lipinski definition) is 4. The average Bonchev–Trinajstić information content (AvgIpc) is 3.38. The lowest BCUT2D eigenvalue weighted by Crippen LogP contribution is -2.28. The van der Waals surface area contributed by atoms with E-state index in [1.807, 2.05) is 0 Å². The number of likely N-dealkylation sites (N-methyl/N-ethyl adjacent to an activating group) is 1. The third-order valence-electron chi connectivity index (χ3n) is 4.92. The molecular formula is C19H30N4O.